The largest absolute Gasteiger partial charge is 0.392 e. The molecule has 0 aliphatic carbocycles. The summed E-state index contributed by atoms with van der Waals surface area (Å²) >= 11 is 0. The number of hydrogen-bond acceptors (Lipinski definition) is 2. The molecule has 4 nitrogen and oxygen atoms in total. The van der Waals surface area contributed by atoms with Crippen molar-refractivity contribution in [3.8, 4) is 0 Å². The van der Waals surface area contributed by atoms with E-state index in [0.717, 1.165) is 11.3 Å². The highest BCUT2D eigenvalue weighted by atomic mass is 16.3. The van der Waals surface area contributed by atoms with Crippen LogP contribution in [0.15, 0.2) is 24.3 Å². The highest BCUT2D eigenvalue weighted by Gasteiger charge is 2.28. The van der Waals surface area contributed by atoms with Gasteiger partial charge in [-0.2, -0.15) is 0 Å². The predicted octanol–water partition coefficient (Wildman–Crippen LogP) is 1.44. The van der Waals surface area contributed by atoms with E-state index in [1.165, 1.54) is 0 Å². The van der Waals surface area contributed by atoms with Crippen LogP contribution in [0.1, 0.15) is 12.5 Å². The van der Waals surface area contributed by atoms with Crippen LogP contribution in [0.2, 0.25) is 0 Å². The van der Waals surface area contributed by atoms with Crippen LogP contribution in [0, 0.1) is 0 Å². The van der Waals surface area contributed by atoms with Gasteiger partial charge in [0.1, 0.15) is 0 Å². The molecule has 0 radical (unpaired) electrons. The average Bonchev–Trinajstić information content (AvgIpc) is 2.24. The third kappa shape index (κ3) is 1.88. The molecule has 2 amide bonds. The molecule has 1 aromatic rings. The number of fused-ring (bicyclic) bond motifs is 1. The van der Waals surface area contributed by atoms with Crippen molar-refractivity contribution in [3.05, 3.63) is 29.8 Å². The van der Waals surface area contributed by atoms with Gasteiger partial charge >= 0.3 is 6.03 Å². The van der Waals surface area contributed by atoms with Crippen molar-refractivity contribution in [2.45, 2.75) is 19.6 Å². The highest BCUT2D eigenvalue weighted by Crippen LogP contribution is 2.27. The Balaban J connectivity index is 2.38. The van der Waals surface area contributed by atoms with E-state index in [9.17, 15) is 9.90 Å². The van der Waals surface area contributed by atoms with Gasteiger partial charge in [0.25, 0.3) is 0 Å². The molecule has 0 saturated carbocycles. The maximum Gasteiger partial charge on any atom is 0.324 e. The van der Waals surface area contributed by atoms with Gasteiger partial charge < -0.3 is 10.0 Å². The molecular weight excluding hydrogens is 204 g/mol. The third-order valence-electron chi connectivity index (χ3n) is 2.69. The third-order valence-corrected chi connectivity index (χ3v) is 2.69. The Morgan fingerprint density at radius 3 is 2.81 bits per heavy atom. The van der Waals surface area contributed by atoms with Gasteiger partial charge in [0, 0.05) is 13.6 Å². The van der Waals surface area contributed by atoms with Gasteiger partial charge in [-0.3, -0.25) is 4.90 Å². The van der Waals surface area contributed by atoms with Gasteiger partial charge in [-0.1, -0.05) is 18.2 Å². The zero-order valence-electron chi connectivity index (χ0n) is 9.55. The van der Waals surface area contributed by atoms with Crippen LogP contribution in [0.4, 0.5) is 10.5 Å². The highest BCUT2D eigenvalue weighted by molar-refractivity contribution is 5.94. The lowest BCUT2D eigenvalue weighted by Gasteiger charge is -2.35. The van der Waals surface area contributed by atoms with Crippen LogP contribution in [-0.2, 0) is 6.54 Å². The summed E-state index contributed by atoms with van der Waals surface area (Å²) in [4.78, 5) is 15.3. The van der Waals surface area contributed by atoms with Gasteiger partial charge in [-0.15, -0.1) is 0 Å². The van der Waals surface area contributed by atoms with Crippen LogP contribution in [0.5, 0.6) is 0 Å². The fourth-order valence-corrected chi connectivity index (χ4v) is 1.98. The van der Waals surface area contributed by atoms with Crippen molar-refractivity contribution in [3.63, 3.8) is 0 Å². The van der Waals surface area contributed by atoms with Gasteiger partial charge in [0.2, 0.25) is 0 Å². The molecule has 0 bridgehead atoms. The normalized spacial score (nSPS) is 17.3. The van der Waals surface area contributed by atoms with Crippen molar-refractivity contribution < 1.29 is 9.90 Å². The summed E-state index contributed by atoms with van der Waals surface area (Å²) in [5.41, 5.74) is 2.02. The van der Waals surface area contributed by atoms with E-state index in [0.29, 0.717) is 13.1 Å². The fourth-order valence-electron chi connectivity index (χ4n) is 1.98. The first-order valence-electron chi connectivity index (χ1n) is 5.38. The lowest BCUT2D eigenvalue weighted by atomic mass is 10.1. The molecule has 86 valence electrons. The summed E-state index contributed by atoms with van der Waals surface area (Å²) in [6.45, 7) is 2.65. The standard InChI is InChI=1S/C12H16N2O2/c1-9(15)7-14-11-6-4-3-5-10(11)8-13(2)12(14)16/h3-6,9,15H,7-8H2,1-2H3/t9-/m0/s1. The Morgan fingerprint density at radius 1 is 1.44 bits per heavy atom. The zero-order chi connectivity index (χ0) is 11.7. The molecule has 1 aliphatic rings. The minimum absolute atomic E-state index is 0.0559. The number of para-hydroxylation sites is 1. The smallest absolute Gasteiger partial charge is 0.324 e. The molecule has 0 spiro atoms. The lowest BCUT2D eigenvalue weighted by Crippen LogP contribution is -2.47. The molecule has 1 heterocycles. The van der Waals surface area contributed by atoms with E-state index in [2.05, 4.69) is 0 Å². The molecule has 0 unspecified atom stereocenters. The predicted molar refractivity (Wildman–Crippen MR) is 62.3 cm³/mol. The molecule has 1 atom stereocenters. The Morgan fingerprint density at radius 2 is 2.12 bits per heavy atom. The number of carbonyl (C=O) groups is 1. The fraction of sp³-hybridized carbons (Fsp3) is 0.417. The van der Waals surface area contributed by atoms with E-state index in [1.54, 1.807) is 23.8 Å². The maximum atomic E-state index is 12.0. The summed E-state index contributed by atoms with van der Waals surface area (Å²) in [6.07, 6.45) is -0.525. The van der Waals surface area contributed by atoms with E-state index >= 15 is 0 Å². The number of urea groups is 1. The summed E-state index contributed by atoms with van der Waals surface area (Å²) in [6, 6.07) is 7.74. The molecule has 0 saturated heterocycles. The molecule has 16 heavy (non-hydrogen) atoms. The summed E-state index contributed by atoms with van der Waals surface area (Å²) in [7, 11) is 1.77. The first-order chi connectivity index (χ1) is 7.59. The van der Waals surface area contributed by atoms with Gasteiger partial charge in [0.15, 0.2) is 0 Å². The number of amides is 2. The van der Waals surface area contributed by atoms with Gasteiger partial charge in [0.05, 0.1) is 18.3 Å². The number of carbonyl (C=O) groups excluding carboxylic acids is 1. The number of aliphatic hydroxyl groups is 1. The van der Waals surface area contributed by atoms with E-state index in [-0.39, 0.29) is 6.03 Å². The number of nitrogens with zero attached hydrogens (tertiary/aromatic N) is 2. The monoisotopic (exact) mass is 220 g/mol. The summed E-state index contributed by atoms with van der Waals surface area (Å²) in [5, 5.41) is 9.42. The second-order valence-electron chi connectivity index (χ2n) is 4.23. The number of hydrogen-bond donors (Lipinski definition) is 1. The molecular formula is C12H16N2O2. The Hall–Kier alpha value is -1.55. The maximum absolute atomic E-state index is 12.0. The summed E-state index contributed by atoms with van der Waals surface area (Å²) in [5.74, 6) is 0. The Labute approximate surface area is 95.1 Å². The molecule has 0 aromatic heterocycles. The van der Waals surface area contributed by atoms with E-state index < -0.39 is 6.10 Å². The zero-order valence-corrected chi connectivity index (χ0v) is 9.55. The molecule has 1 N–H and O–H groups in total. The van der Waals surface area contributed by atoms with E-state index in [4.69, 9.17) is 0 Å². The van der Waals surface area contributed by atoms with Crippen molar-refractivity contribution in [2.75, 3.05) is 18.5 Å². The molecule has 2 rings (SSSR count). The van der Waals surface area contributed by atoms with Crippen LogP contribution >= 0.6 is 0 Å². The first kappa shape index (κ1) is 11.0. The first-order valence-corrected chi connectivity index (χ1v) is 5.38. The molecule has 1 aromatic carbocycles. The number of β-amino-alcohol motifs (C(OH)–C–C–N with tert-alkyl or cyclic N) is 1. The minimum atomic E-state index is -0.525. The van der Waals surface area contributed by atoms with E-state index in [1.807, 2.05) is 24.3 Å². The SMILES string of the molecule is C[C@H](O)CN1C(=O)N(C)Cc2ccccc21. The lowest BCUT2D eigenvalue weighted by molar-refractivity contribution is 0.184. The number of aliphatic hydroxyl groups excluding tert-OH is 1. The minimum Gasteiger partial charge on any atom is -0.392 e. The second kappa shape index (κ2) is 4.14. The molecule has 1 aliphatic heterocycles. The second-order valence-corrected chi connectivity index (χ2v) is 4.23. The van der Waals surface area contributed by atoms with Crippen molar-refractivity contribution in [2.24, 2.45) is 0 Å². The average molecular weight is 220 g/mol. The van der Waals surface area contributed by atoms with Crippen LogP contribution in [-0.4, -0.2) is 35.7 Å². The van der Waals surface area contributed by atoms with Crippen molar-refractivity contribution >= 4 is 11.7 Å². The van der Waals surface area contributed by atoms with Crippen molar-refractivity contribution in [1.29, 1.82) is 0 Å². The van der Waals surface area contributed by atoms with Crippen LogP contribution in [0.25, 0.3) is 0 Å². The van der Waals surface area contributed by atoms with Crippen LogP contribution < -0.4 is 4.90 Å². The number of rotatable bonds is 2. The van der Waals surface area contributed by atoms with Crippen LogP contribution in [0.3, 0.4) is 0 Å². The number of benzene rings is 1. The number of anilines is 1. The topological polar surface area (TPSA) is 43.8 Å². The summed E-state index contributed by atoms with van der Waals surface area (Å²) < 4.78 is 0. The molecule has 0 fully saturated rings. The van der Waals surface area contributed by atoms with Gasteiger partial charge in [-0.05, 0) is 18.6 Å². The quantitative estimate of drug-likeness (QED) is 0.819. The van der Waals surface area contributed by atoms with Gasteiger partial charge in [-0.25, -0.2) is 4.79 Å². The molecule has 4 heteroatoms. The Kier molecular flexibility index (Phi) is 2.83. The Bertz CT molecular complexity index is 404. The van der Waals surface area contributed by atoms with Crippen molar-refractivity contribution in [1.82, 2.24) is 4.90 Å².